The molecule has 6 heterocycles. The summed E-state index contributed by atoms with van der Waals surface area (Å²) in [6.45, 7) is 15.1. The summed E-state index contributed by atoms with van der Waals surface area (Å²) in [5.41, 5.74) is 9.41. The van der Waals surface area contributed by atoms with Gasteiger partial charge in [-0.05, 0) is 95.3 Å². The second-order valence-corrected chi connectivity index (χ2v) is 20.0. The van der Waals surface area contributed by atoms with Crippen molar-refractivity contribution in [3.05, 3.63) is 58.2 Å². The van der Waals surface area contributed by atoms with Crippen LogP contribution in [0.15, 0.2) is 41.9 Å². The SMILES string of the molecule is CCn1c(-c2cccnc2[C@H](C)OC)c2c3cc(ccc31)-c1csc(n1)C[C@H](NC(=O)C(C(C)C)N(C)C(=O)N(C)[C@H]1CCCN(C)C1)C(=O)N1CCC[C@H](N1)C(=O)OCC(C)(C)C2. The third-order valence-electron chi connectivity index (χ3n) is 13.2. The number of pyridine rings is 1. The predicted molar refractivity (Wildman–Crippen MR) is 249 cm³/mol. The van der Waals surface area contributed by atoms with Crippen LogP contribution in [0.2, 0.25) is 0 Å². The molecule has 16 heteroatoms. The van der Waals surface area contributed by atoms with Crippen molar-refractivity contribution in [1.82, 2.24) is 45.0 Å². The molecule has 7 rings (SSSR count). The molecule has 4 aromatic rings. The number of benzene rings is 1. The Bertz CT molecular complexity index is 2340. The molecular weight excluding hydrogens is 831 g/mol. The van der Waals surface area contributed by atoms with Crippen LogP contribution in [-0.4, -0.2) is 137 Å². The summed E-state index contributed by atoms with van der Waals surface area (Å²) in [7, 11) is 7.21. The summed E-state index contributed by atoms with van der Waals surface area (Å²) in [6.07, 6.45) is 5.18. The number of thiazole rings is 1. The van der Waals surface area contributed by atoms with Crippen molar-refractivity contribution in [3.63, 3.8) is 0 Å². The molecule has 3 aromatic heterocycles. The van der Waals surface area contributed by atoms with Crippen molar-refractivity contribution in [2.45, 2.75) is 117 Å². The normalized spacial score (nSPS) is 21.9. The van der Waals surface area contributed by atoms with Gasteiger partial charge in [-0.3, -0.25) is 24.4 Å². The number of aryl methyl sites for hydroxylation is 1. The molecule has 64 heavy (non-hydrogen) atoms. The lowest BCUT2D eigenvalue weighted by atomic mass is 9.84. The molecule has 5 atom stereocenters. The van der Waals surface area contributed by atoms with E-state index >= 15 is 0 Å². The molecule has 6 bridgehead atoms. The van der Waals surface area contributed by atoms with E-state index in [0.29, 0.717) is 37.4 Å². The number of hydrazine groups is 1. The van der Waals surface area contributed by atoms with Crippen LogP contribution in [0.1, 0.15) is 89.6 Å². The highest BCUT2D eigenvalue weighted by molar-refractivity contribution is 7.10. The maximum Gasteiger partial charge on any atom is 0.324 e. The number of likely N-dealkylation sites (tertiary alicyclic amines) is 1. The number of carbonyl (C=O) groups is 4. The Kier molecular flexibility index (Phi) is 14.5. The summed E-state index contributed by atoms with van der Waals surface area (Å²) in [5, 5.41) is 8.24. The third kappa shape index (κ3) is 9.85. The molecule has 2 N–H and O–H groups in total. The monoisotopic (exact) mass is 897 g/mol. The minimum Gasteiger partial charge on any atom is -0.464 e. The van der Waals surface area contributed by atoms with Gasteiger partial charge in [0.1, 0.15) is 18.1 Å². The molecule has 3 aliphatic heterocycles. The maximum absolute atomic E-state index is 14.6. The molecule has 346 valence electrons. The Morgan fingerprint density at radius 3 is 2.59 bits per heavy atom. The number of nitrogens with zero attached hydrogens (tertiary/aromatic N) is 7. The Morgan fingerprint density at radius 1 is 1.11 bits per heavy atom. The number of aromatic nitrogens is 3. The fourth-order valence-electron chi connectivity index (χ4n) is 9.73. The number of hydrogen-bond donors (Lipinski definition) is 2. The number of rotatable bonds is 9. The van der Waals surface area contributed by atoms with Crippen LogP contribution in [0.4, 0.5) is 4.79 Å². The van der Waals surface area contributed by atoms with E-state index in [1.807, 2.05) is 32.2 Å². The highest BCUT2D eigenvalue weighted by atomic mass is 32.1. The number of likely N-dealkylation sites (N-methyl/N-ethyl adjacent to an activating group) is 3. The number of piperidine rings is 1. The van der Waals surface area contributed by atoms with Gasteiger partial charge in [0.05, 0.1) is 34.8 Å². The van der Waals surface area contributed by atoms with Crippen molar-refractivity contribution in [2.24, 2.45) is 11.3 Å². The van der Waals surface area contributed by atoms with E-state index in [4.69, 9.17) is 19.4 Å². The van der Waals surface area contributed by atoms with Crippen molar-refractivity contribution in [3.8, 4) is 22.5 Å². The Labute approximate surface area is 381 Å². The number of amides is 4. The third-order valence-corrected chi connectivity index (χ3v) is 14.1. The molecule has 2 fully saturated rings. The molecule has 4 amide bonds. The first-order valence-corrected chi connectivity index (χ1v) is 23.7. The zero-order valence-corrected chi connectivity index (χ0v) is 40.1. The van der Waals surface area contributed by atoms with Gasteiger partial charge in [-0.25, -0.2) is 15.2 Å². The van der Waals surface area contributed by atoms with Gasteiger partial charge in [0.2, 0.25) is 5.91 Å². The lowest BCUT2D eigenvalue weighted by Gasteiger charge is -2.40. The van der Waals surface area contributed by atoms with Gasteiger partial charge in [0.15, 0.2) is 0 Å². The topological polar surface area (TPSA) is 154 Å². The molecule has 0 aliphatic carbocycles. The number of esters is 1. The van der Waals surface area contributed by atoms with E-state index in [-0.39, 0.29) is 43.0 Å². The first-order chi connectivity index (χ1) is 30.5. The van der Waals surface area contributed by atoms with E-state index < -0.39 is 35.4 Å². The molecule has 15 nitrogen and oxygen atoms in total. The summed E-state index contributed by atoms with van der Waals surface area (Å²) in [5.74, 6) is -1.52. The molecule has 0 spiro atoms. The van der Waals surface area contributed by atoms with Gasteiger partial charge in [0.25, 0.3) is 5.91 Å². The minimum absolute atomic E-state index is 0.0301. The summed E-state index contributed by atoms with van der Waals surface area (Å²) in [4.78, 5) is 72.3. The zero-order chi connectivity index (χ0) is 46.0. The maximum atomic E-state index is 14.6. The zero-order valence-electron chi connectivity index (χ0n) is 39.3. The number of hydrogen-bond acceptors (Lipinski definition) is 11. The van der Waals surface area contributed by atoms with Crippen molar-refractivity contribution >= 4 is 46.1 Å². The minimum atomic E-state index is -1.04. The van der Waals surface area contributed by atoms with Crippen LogP contribution in [-0.2, 0) is 43.2 Å². The van der Waals surface area contributed by atoms with Gasteiger partial charge < -0.3 is 34.1 Å². The van der Waals surface area contributed by atoms with Crippen molar-refractivity contribution in [1.29, 1.82) is 0 Å². The second kappa shape index (κ2) is 19.7. The first kappa shape index (κ1) is 47.1. The smallest absolute Gasteiger partial charge is 0.324 e. The van der Waals surface area contributed by atoms with Gasteiger partial charge in [-0.15, -0.1) is 11.3 Å². The number of cyclic esters (lactones) is 1. The predicted octanol–water partition coefficient (Wildman–Crippen LogP) is 6.30. The average molecular weight is 898 g/mol. The van der Waals surface area contributed by atoms with E-state index in [9.17, 15) is 19.2 Å². The molecule has 0 saturated carbocycles. The van der Waals surface area contributed by atoms with Gasteiger partial charge >= 0.3 is 12.0 Å². The lowest BCUT2D eigenvalue weighted by Crippen LogP contribution is -2.62. The Balaban J connectivity index is 1.27. The number of nitrogens with one attached hydrogen (secondary N) is 2. The molecule has 1 unspecified atom stereocenters. The number of urea groups is 1. The molecule has 1 aromatic carbocycles. The van der Waals surface area contributed by atoms with Crippen molar-refractivity contribution in [2.75, 3.05) is 54.5 Å². The summed E-state index contributed by atoms with van der Waals surface area (Å²) in [6, 6.07) is 7.60. The molecule has 2 saturated heterocycles. The first-order valence-electron chi connectivity index (χ1n) is 22.8. The van der Waals surface area contributed by atoms with Crippen LogP contribution < -0.4 is 10.7 Å². The van der Waals surface area contributed by atoms with Crippen LogP contribution >= 0.6 is 11.3 Å². The lowest BCUT2D eigenvalue weighted by molar-refractivity contribution is -0.155. The average Bonchev–Trinajstić information content (AvgIpc) is 3.88. The van der Waals surface area contributed by atoms with E-state index in [2.05, 4.69) is 72.3 Å². The number of fused-ring (bicyclic) bond motifs is 6. The van der Waals surface area contributed by atoms with Gasteiger partial charge in [-0.1, -0.05) is 33.8 Å². The summed E-state index contributed by atoms with van der Waals surface area (Å²) < 4.78 is 14.3. The van der Waals surface area contributed by atoms with Crippen LogP contribution in [0.3, 0.4) is 0 Å². The fourth-order valence-corrected chi connectivity index (χ4v) is 10.6. The van der Waals surface area contributed by atoms with Crippen LogP contribution in [0.5, 0.6) is 0 Å². The van der Waals surface area contributed by atoms with E-state index in [1.54, 1.807) is 32.3 Å². The molecule has 3 aliphatic rings. The van der Waals surface area contributed by atoms with Gasteiger partial charge in [-0.2, -0.15) is 0 Å². The van der Waals surface area contributed by atoms with Crippen LogP contribution in [0.25, 0.3) is 33.4 Å². The highest BCUT2D eigenvalue weighted by Gasteiger charge is 2.39. The number of carbonyl (C=O) groups excluding carboxylic acids is 4. The Hall–Kier alpha value is -4.90. The Morgan fingerprint density at radius 2 is 1.88 bits per heavy atom. The van der Waals surface area contributed by atoms with Crippen molar-refractivity contribution < 1.29 is 28.7 Å². The quantitative estimate of drug-likeness (QED) is 0.183. The standard InChI is InChI=1S/C48H67N9O6S/c1-11-56-39-19-18-31-23-34(39)35(43(56)33-16-12-20-49-41(33)30(4)62-10)25-48(5,6)28-63-46(60)36-17-14-22-57(52-36)45(59)37(24-40-50-38(31)27-64-40)51-44(58)42(29(2)3)55(9)47(61)54(8)32-15-13-21-53(7)26-32/h12,16,18-20,23,27,29-30,32,36-37,42,52H,11,13-15,17,21-22,24-26,28H2,1-10H3,(H,51,58)/t30-,32-,36-,37-,42?/m0/s1. The molecular formula is C48H67N9O6S. The second-order valence-electron chi connectivity index (χ2n) is 19.0. The highest BCUT2D eigenvalue weighted by Crippen LogP contribution is 2.42. The van der Waals surface area contributed by atoms with E-state index in [1.165, 1.54) is 21.2 Å². The van der Waals surface area contributed by atoms with E-state index in [0.717, 1.165) is 70.6 Å². The fraction of sp³-hybridized carbons (Fsp3) is 0.583. The van der Waals surface area contributed by atoms with Crippen LogP contribution in [0, 0.1) is 11.3 Å². The largest absolute Gasteiger partial charge is 0.464 e. The number of ether oxygens (including phenoxy) is 2. The molecule has 0 radical (unpaired) electrons. The van der Waals surface area contributed by atoms with Gasteiger partial charge in [0, 0.05) is 92.3 Å². The number of methoxy groups -OCH3 is 1. The summed E-state index contributed by atoms with van der Waals surface area (Å²) >= 11 is 1.43.